The topological polar surface area (TPSA) is 37.8 Å². The molecule has 5 rings (SSSR count). The smallest absolute Gasteiger partial charge is 0.162 e. The first-order valence-electron chi connectivity index (χ1n) is 9.61. The summed E-state index contributed by atoms with van der Waals surface area (Å²) < 4.78 is 0. The molecule has 0 amide bonds. The fraction of sp³-hybridized carbons (Fsp3) is 0. The molecule has 0 radical (unpaired) electrons. The van der Waals surface area contributed by atoms with E-state index >= 15 is 0 Å². The zero-order valence-corrected chi connectivity index (χ0v) is 15.8. The van der Waals surface area contributed by atoms with E-state index in [2.05, 4.69) is 53.8 Å². The maximum absolute atomic E-state index is 4.82. The number of anilines is 2. The number of nitrogens with zero attached hydrogens (tertiary/aromatic N) is 2. The first kappa shape index (κ1) is 17.1. The molecule has 0 unspecified atom stereocenters. The molecule has 3 nitrogen and oxygen atoms in total. The molecule has 0 aliphatic carbocycles. The predicted octanol–water partition coefficient (Wildman–Crippen LogP) is 6.71. The van der Waals surface area contributed by atoms with Gasteiger partial charge in [-0.3, -0.25) is 0 Å². The summed E-state index contributed by atoms with van der Waals surface area (Å²) in [6.07, 6.45) is 0. The number of benzene rings is 4. The molecule has 1 aromatic heterocycles. The third kappa shape index (κ3) is 3.58. The molecule has 0 atom stereocenters. The van der Waals surface area contributed by atoms with Gasteiger partial charge in [0.1, 0.15) is 5.82 Å². The molecule has 138 valence electrons. The van der Waals surface area contributed by atoms with E-state index in [1.807, 2.05) is 60.7 Å². The van der Waals surface area contributed by atoms with Crippen molar-refractivity contribution in [1.29, 1.82) is 0 Å². The molecule has 0 bridgehead atoms. The van der Waals surface area contributed by atoms with Crippen molar-refractivity contribution in [2.24, 2.45) is 0 Å². The van der Waals surface area contributed by atoms with Crippen LogP contribution in [0.5, 0.6) is 0 Å². The van der Waals surface area contributed by atoms with Crippen LogP contribution in [-0.4, -0.2) is 9.97 Å². The fourth-order valence-electron chi connectivity index (χ4n) is 3.40. The van der Waals surface area contributed by atoms with Gasteiger partial charge in [0.2, 0.25) is 0 Å². The van der Waals surface area contributed by atoms with Gasteiger partial charge >= 0.3 is 0 Å². The number of fused-ring (bicyclic) bond motifs is 1. The first-order chi connectivity index (χ1) is 14.4. The summed E-state index contributed by atoms with van der Waals surface area (Å²) >= 11 is 0. The van der Waals surface area contributed by atoms with Gasteiger partial charge in [0.15, 0.2) is 5.82 Å². The Morgan fingerprint density at radius 2 is 1.07 bits per heavy atom. The van der Waals surface area contributed by atoms with E-state index in [9.17, 15) is 0 Å². The number of aromatic nitrogens is 2. The average molecular weight is 373 g/mol. The van der Waals surface area contributed by atoms with Crippen LogP contribution in [0.1, 0.15) is 0 Å². The lowest BCUT2D eigenvalue weighted by atomic mass is 10.1. The average Bonchev–Trinajstić information content (AvgIpc) is 2.81. The lowest BCUT2D eigenvalue weighted by Gasteiger charge is -2.12. The van der Waals surface area contributed by atoms with Crippen LogP contribution in [0.2, 0.25) is 0 Å². The SMILES string of the molecule is c1ccc(-c2ccc(Nc3nc(-c4ccccc4)nc4ccccc34)cc2)cc1. The maximum atomic E-state index is 4.82. The minimum Gasteiger partial charge on any atom is -0.340 e. The third-order valence-corrected chi connectivity index (χ3v) is 4.89. The molecule has 4 aromatic carbocycles. The second-order valence-electron chi connectivity index (χ2n) is 6.85. The Morgan fingerprint density at radius 3 is 1.79 bits per heavy atom. The van der Waals surface area contributed by atoms with Crippen LogP contribution >= 0.6 is 0 Å². The number of para-hydroxylation sites is 1. The zero-order chi connectivity index (χ0) is 19.5. The Kier molecular flexibility index (Phi) is 4.47. The van der Waals surface area contributed by atoms with Gasteiger partial charge in [0.05, 0.1) is 5.52 Å². The Balaban J connectivity index is 1.53. The van der Waals surface area contributed by atoms with Gasteiger partial charge in [-0.05, 0) is 35.4 Å². The monoisotopic (exact) mass is 373 g/mol. The van der Waals surface area contributed by atoms with Crippen molar-refractivity contribution in [2.75, 3.05) is 5.32 Å². The van der Waals surface area contributed by atoms with Crippen LogP contribution in [0.3, 0.4) is 0 Å². The van der Waals surface area contributed by atoms with Crippen molar-refractivity contribution < 1.29 is 0 Å². The second-order valence-corrected chi connectivity index (χ2v) is 6.85. The van der Waals surface area contributed by atoms with Crippen molar-refractivity contribution in [2.45, 2.75) is 0 Å². The van der Waals surface area contributed by atoms with Crippen molar-refractivity contribution >= 4 is 22.4 Å². The molecular formula is C26H19N3. The highest BCUT2D eigenvalue weighted by atomic mass is 15.0. The van der Waals surface area contributed by atoms with E-state index in [1.165, 1.54) is 11.1 Å². The summed E-state index contributed by atoms with van der Waals surface area (Å²) in [5, 5.41) is 4.48. The van der Waals surface area contributed by atoms with E-state index in [0.29, 0.717) is 5.82 Å². The molecule has 0 aliphatic rings. The summed E-state index contributed by atoms with van der Waals surface area (Å²) in [5.41, 5.74) is 5.31. The van der Waals surface area contributed by atoms with Gasteiger partial charge in [0.25, 0.3) is 0 Å². The highest BCUT2D eigenvalue weighted by Gasteiger charge is 2.09. The zero-order valence-electron chi connectivity index (χ0n) is 15.8. The minimum absolute atomic E-state index is 0.715. The number of hydrogen-bond acceptors (Lipinski definition) is 3. The quantitative estimate of drug-likeness (QED) is 0.380. The van der Waals surface area contributed by atoms with Crippen LogP contribution in [0.4, 0.5) is 11.5 Å². The van der Waals surface area contributed by atoms with Crippen LogP contribution in [0.25, 0.3) is 33.4 Å². The van der Waals surface area contributed by atoms with Gasteiger partial charge < -0.3 is 5.32 Å². The second kappa shape index (κ2) is 7.56. The van der Waals surface area contributed by atoms with Gasteiger partial charge in [0, 0.05) is 16.6 Å². The van der Waals surface area contributed by atoms with Crippen molar-refractivity contribution in [3.05, 3.63) is 109 Å². The molecule has 0 saturated carbocycles. The predicted molar refractivity (Wildman–Crippen MR) is 120 cm³/mol. The van der Waals surface area contributed by atoms with Gasteiger partial charge in [-0.1, -0.05) is 84.9 Å². The van der Waals surface area contributed by atoms with Gasteiger partial charge in [-0.25, -0.2) is 9.97 Å². The molecule has 29 heavy (non-hydrogen) atoms. The van der Waals surface area contributed by atoms with Crippen molar-refractivity contribution in [3.8, 4) is 22.5 Å². The highest BCUT2D eigenvalue weighted by Crippen LogP contribution is 2.28. The number of rotatable bonds is 4. The van der Waals surface area contributed by atoms with Crippen LogP contribution < -0.4 is 5.32 Å². The standard InChI is InChI=1S/C26H19N3/c1-3-9-19(10-4-1)20-15-17-22(18-16-20)27-26-23-13-7-8-14-24(23)28-25(29-26)21-11-5-2-6-12-21/h1-18H,(H,27,28,29). The number of nitrogens with one attached hydrogen (secondary N) is 1. The lowest BCUT2D eigenvalue weighted by molar-refractivity contribution is 1.22. The normalized spacial score (nSPS) is 10.8. The van der Waals surface area contributed by atoms with E-state index < -0.39 is 0 Å². The van der Waals surface area contributed by atoms with Crippen molar-refractivity contribution in [1.82, 2.24) is 9.97 Å². The molecule has 5 aromatic rings. The van der Waals surface area contributed by atoms with E-state index in [4.69, 9.17) is 9.97 Å². The Labute approximate surface area is 169 Å². The van der Waals surface area contributed by atoms with Crippen LogP contribution in [0.15, 0.2) is 109 Å². The summed E-state index contributed by atoms with van der Waals surface area (Å²) in [4.78, 5) is 9.58. The van der Waals surface area contributed by atoms with Gasteiger partial charge in [-0.2, -0.15) is 0 Å². The molecule has 3 heteroatoms. The third-order valence-electron chi connectivity index (χ3n) is 4.89. The Hall–Kier alpha value is -3.98. The highest BCUT2D eigenvalue weighted by molar-refractivity contribution is 5.92. The molecule has 0 saturated heterocycles. The maximum Gasteiger partial charge on any atom is 0.162 e. The fourth-order valence-corrected chi connectivity index (χ4v) is 3.40. The summed E-state index contributed by atoms with van der Waals surface area (Å²) in [5.74, 6) is 1.52. The summed E-state index contributed by atoms with van der Waals surface area (Å²) in [6, 6.07) is 36.9. The molecule has 0 aliphatic heterocycles. The van der Waals surface area contributed by atoms with Gasteiger partial charge in [-0.15, -0.1) is 0 Å². The lowest BCUT2D eigenvalue weighted by Crippen LogP contribution is -1.99. The molecule has 1 heterocycles. The van der Waals surface area contributed by atoms with Crippen LogP contribution in [0, 0.1) is 0 Å². The van der Waals surface area contributed by atoms with Crippen molar-refractivity contribution in [3.63, 3.8) is 0 Å². The van der Waals surface area contributed by atoms with Crippen LogP contribution in [-0.2, 0) is 0 Å². The van der Waals surface area contributed by atoms with E-state index in [1.54, 1.807) is 0 Å². The first-order valence-corrected chi connectivity index (χ1v) is 9.61. The molecule has 0 fully saturated rings. The molecule has 1 N–H and O–H groups in total. The minimum atomic E-state index is 0.715. The van der Waals surface area contributed by atoms with E-state index in [0.717, 1.165) is 28.0 Å². The Bertz CT molecular complexity index is 1250. The Morgan fingerprint density at radius 1 is 0.483 bits per heavy atom. The summed E-state index contributed by atoms with van der Waals surface area (Å²) in [7, 11) is 0. The molecular weight excluding hydrogens is 354 g/mol. The molecule has 0 spiro atoms. The number of hydrogen-bond donors (Lipinski definition) is 1. The largest absolute Gasteiger partial charge is 0.340 e. The van der Waals surface area contributed by atoms with E-state index in [-0.39, 0.29) is 0 Å². The summed E-state index contributed by atoms with van der Waals surface area (Å²) in [6.45, 7) is 0.